The van der Waals surface area contributed by atoms with E-state index in [2.05, 4.69) is 29.9 Å². The molecule has 3 fully saturated rings. The molecule has 45 heavy (non-hydrogen) atoms. The van der Waals surface area contributed by atoms with Crippen molar-refractivity contribution in [3.05, 3.63) is 29.3 Å². The van der Waals surface area contributed by atoms with E-state index in [0.717, 1.165) is 17.2 Å². The maximum Gasteiger partial charge on any atom is 0.325 e. The predicted molar refractivity (Wildman–Crippen MR) is 155 cm³/mol. The Morgan fingerprint density at radius 3 is 2.22 bits per heavy atom. The molecular weight excluding hydrogens is 688 g/mol. The molecule has 19 nitrogen and oxygen atoms in total. The lowest BCUT2D eigenvalue weighted by Crippen LogP contribution is -2.34. The highest BCUT2D eigenvalue weighted by molar-refractivity contribution is 8.07. The van der Waals surface area contributed by atoms with E-state index in [-0.39, 0.29) is 34.1 Å². The van der Waals surface area contributed by atoms with Crippen LogP contribution in [0.15, 0.2) is 23.8 Å². The van der Waals surface area contributed by atoms with E-state index in [1.54, 1.807) is 0 Å². The van der Waals surface area contributed by atoms with Crippen LogP contribution in [-0.2, 0) is 51.2 Å². The minimum atomic E-state index is -4.35. The van der Waals surface area contributed by atoms with Gasteiger partial charge < -0.3 is 39.8 Å². The Morgan fingerprint density at radius 1 is 0.867 bits per heavy atom. The van der Waals surface area contributed by atoms with Crippen LogP contribution >= 0.6 is 13.4 Å². The second-order valence-electron chi connectivity index (χ2n) is 10.0. The zero-order chi connectivity index (χ0) is 31.8. The van der Waals surface area contributed by atoms with Crippen LogP contribution in [0.4, 0.5) is 20.5 Å². The third-order valence-electron chi connectivity index (χ3n) is 7.23. The molecule has 7 rings (SSSR count). The first-order valence-corrected chi connectivity index (χ1v) is 18.1. The lowest BCUT2D eigenvalue weighted by atomic mass is 10.1. The number of halogens is 2. The highest BCUT2D eigenvalue weighted by Crippen LogP contribution is 2.54. The van der Waals surface area contributed by atoms with Gasteiger partial charge in [0.1, 0.15) is 36.3 Å². The van der Waals surface area contributed by atoms with Gasteiger partial charge in [-0.1, -0.05) is 0 Å². The van der Waals surface area contributed by atoms with Crippen molar-refractivity contribution in [1.29, 1.82) is 0 Å². The van der Waals surface area contributed by atoms with E-state index < -0.39 is 81.4 Å². The number of nitrogens with one attached hydrogen (secondary N) is 1. The topological polar surface area (TPSA) is 255 Å². The maximum absolute atomic E-state index is 16.0. The summed E-state index contributed by atoms with van der Waals surface area (Å²) in [5.41, 5.74) is 10.9. The molecule has 7 heterocycles. The Hall–Kier alpha value is -2.66. The number of rotatable bonds is 2. The molecule has 0 saturated carbocycles. The van der Waals surface area contributed by atoms with Gasteiger partial charge in [0.15, 0.2) is 47.4 Å². The minimum Gasteiger partial charge on any atom is -0.382 e. The zero-order valence-electron chi connectivity index (χ0n) is 22.3. The van der Waals surface area contributed by atoms with Crippen LogP contribution in [0.3, 0.4) is 0 Å². The number of anilines is 2. The summed E-state index contributed by atoms with van der Waals surface area (Å²) in [6.45, 7) is -10.0. The number of imidazole rings is 2. The molecule has 7 N–H and O–H groups in total. The van der Waals surface area contributed by atoms with Gasteiger partial charge in [-0.3, -0.25) is 28.0 Å². The van der Waals surface area contributed by atoms with Crippen LogP contribution in [0.5, 0.6) is 0 Å². The molecule has 242 valence electrons. The van der Waals surface area contributed by atoms with Crippen molar-refractivity contribution in [1.82, 2.24) is 39.0 Å². The number of aromatic amines is 1. The third kappa shape index (κ3) is 5.55. The average molecular weight is 711 g/mol. The molecule has 0 radical (unpaired) electrons. The van der Waals surface area contributed by atoms with Crippen LogP contribution in [-0.4, -0.2) is 98.8 Å². The van der Waals surface area contributed by atoms with E-state index in [1.165, 1.54) is 10.9 Å². The fourth-order valence-electron chi connectivity index (χ4n) is 5.23. The van der Waals surface area contributed by atoms with Crippen molar-refractivity contribution in [3.63, 3.8) is 0 Å². The number of nitrogens with zero attached hydrogens (tertiary/aromatic N) is 7. The van der Waals surface area contributed by atoms with Crippen molar-refractivity contribution >= 4 is 71.1 Å². The second-order valence-corrected chi connectivity index (χ2v) is 15.6. The summed E-state index contributed by atoms with van der Waals surface area (Å²) in [5, 5.41) is 0. The van der Waals surface area contributed by atoms with Crippen molar-refractivity contribution in [2.75, 3.05) is 24.7 Å². The largest absolute Gasteiger partial charge is 0.382 e. The van der Waals surface area contributed by atoms with Gasteiger partial charge in [0, 0.05) is 0 Å². The van der Waals surface area contributed by atoms with Gasteiger partial charge in [-0.25, -0.2) is 28.7 Å². The quantitative estimate of drug-likeness (QED) is 0.169. The summed E-state index contributed by atoms with van der Waals surface area (Å²) < 4.78 is 67.9. The fraction of sp³-hybridized carbons (Fsp3) is 0.500. The van der Waals surface area contributed by atoms with Gasteiger partial charge in [-0.15, -0.1) is 0 Å². The molecule has 10 atom stereocenters. The highest BCUT2D eigenvalue weighted by Gasteiger charge is 2.53. The number of H-pyrrole nitrogens is 1. The molecule has 4 unspecified atom stereocenters. The van der Waals surface area contributed by atoms with Crippen molar-refractivity contribution in [3.8, 4) is 0 Å². The highest BCUT2D eigenvalue weighted by atomic mass is 32.5. The molecule has 3 aliphatic heterocycles. The number of hydrogen-bond donors (Lipinski definition) is 5. The summed E-state index contributed by atoms with van der Waals surface area (Å²) >= 11 is 10.3. The first-order valence-electron chi connectivity index (χ1n) is 12.9. The summed E-state index contributed by atoms with van der Waals surface area (Å²) in [6, 6.07) is 0. The molecule has 3 saturated heterocycles. The average Bonchev–Trinajstić information content (AvgIpc) is 3.72. The van der Waals surface area contributed by atoms with Gasteiger partial charge in [0.25, 0.3) is 5.56 Å². The molecule has 0 amide bonds. The number of ether oxygens (including phenoxy) is 2. The fourth-order valence-corrected chi connectivity index (χ4v) is 8.07. The SMILES string of the molecule is Nc1nc2c(ncn2[C@@H]2O[C@@H]3COP(O)(=S)OC4C(F)[C@H](n5cnc6c(N)ncnc65)O[C@@H]4COP(O)(=S)O[C@@H]2[C@@H]3F)c(=O)[nH]1. The Bertz CT molecular complexity index is 1950. The normalized spacial score (nSPS) is 37.7. The monoisotopic (exact) mass is 710 g/mol. The third-order valence-corrected chi connectivity index (χ3v) is 10.4. The molecule has 4 aromatic rings. The molecule has 3 aliphatic rings. The Kier molecular flexibility index (Phi) is 7.74. The minimum absolute atomic E-state index is 0.0442. The molecular formula is C20H22F2N10O9P2S2. The number of nitrogens with two attached hydrogens (primary N) is 2. The van der Waals surface area contributed by atoms with Gasteiger partial charge in [0.2, 0.25) is 5.95 Å². The predicted octanol–water partition coefficient (Wildman–Crippen LogP) is -0.154. The van der Waals surface area contributed by atoms with Crippen LogP contribution in [0.25, 0.3) is 22.3 Å². The van der Waals surface area contributed by atoms with E-state index in [4.69, 9.17) is 62.6 Å². The van der Waals surface area contributed by atoms with Crippen molar-refractivity contribution < 1.29 is 46.1 Å². The van der Waals surface area contributed by atoms with E-state index in [9.17, 15) is 14.6 Å². The van der Waals surface area contributed by atoms with Gasteiger partial charge in [0.05, 0.1) is 25.9 Å². The van der Waals surface area contributed by atoms with E-state index in [1.807, 2.05) is 0 Å². The molecule has 0 aliphatic carbocycles. The number of alkyl halides is 2. The number of fused-ring (bicyclic) bond motifs is 5. The lowest BCUT2D eigenvalue weighted by Gasteiger charge is -2.27. The lowest BCUT2D eigenvalue weighted by molar-refractivity contribution is -0.0599. The number of aromatic nitrogens is 8. The number of hydrogen-bond acceptors (Lipinski definition) is 16. The molecule has 4 aromatic heterocycles. The van der Waals surface area contributed by atoms with Crippen LogP contribution in [0.2, 0.25) is 0 Å². The zero-order valence-corrected chi connectivity index (χ0v) is 25.7. The number of nitrogen functional groups attached to an aromatic ring is 2. The maximum atomic E-state index is 16.0. The molecule has 0 aromatic carbocycles. The summed E-state index contributed by atoms with van der Waals surface area (Å²) in [6.07, 6.45) is -9.65. The summed E-state index contributed by atoms with van der Waals surface area (Å²) in [4.78, 5) is 56.6. The van der Waals surface area contributed by atoms with Crippen LogP contribution < -0.4 is 17.0 Å². The first kappa shape index (κ1) is 31.0. The van der Waals surface area contributed by atoms with Crippen LogP contribution in [0.1, 0.15) is 12.5 Å². The van der Waals surface area contributed by atoms with E-state index in [0.29, 0.717) is 0 Å². The Balaban J connectivity index is 1.21. The van der Waals surface area contributed by atoms with Gasteiger partial charge in [-0.2, -0.15) is 4.98 Å². The van der Waals surface area contributed by atoms with Crippen molar-refractivity contribution in [2.24, 2.45) is 0 Å². The second kappa shape index (κ2) is 11.2. The Morgan fingerprint density at radius 2 is 1.49 bits per heavy atom. The standard InChI is InChI=1S/C20H22F2N10O9P2S2/c21-8-6-1-36-42(34,44)40-12-7(39-18(9(12)22)31-4-27-10-14(23)25-3-26-15(10)31)2-37-43(35,45)41-13(8)19(38-6)32-5-28-11-16(32)29-20(24)30-17(11)33/h3-9,12-13,18-19H,1-2H2,(H,34,44)(H,35,45)(H2,23,25,26)(H3,24,29,30,33)/t6-,7-,8-,9?,12?,13-,18-,19-,42?,43?/m1/s1. The van der Waals surface area contributed by atoms with E-state index >= 15 is 8.78 Å². The molecule has 2 bridgehead atoms. The summed E-state index contributed by atoms with van der Waals surface area (Å²) in [5.74, 6) is -0.213. The van der Waals surface area contributed by atoms with Gasteiger partial charge in [-0.05, 0) is 23.6 Å². The van der Waals surface area contributed by atoms with Crippen molar-refractivity contribution in [2.45, 2.75) is 49.2 Å². The summed E-state index contributed by atoms with van der Waals surface area (Å²) in [7, 11) is 0. The Labute approximate surface area is 259 Å². The molecule has 25 heteroatoms. The van der Waals surface area contributed by atoms with Gasteiger partial charge >= 0.3 is 13.4 Å². The molecule has 0 spiro atoms. The van der Waals surface area contributed by atoms with Crippen LogP contribution in [0, 0.1) is 0 Å². The first-order chi connectivity index (χ1) is 21.3. The smallest absolute Gasteiger partial charge is 0.325 e.